The van der Waals surface area contributed by atoms with Crippen molar-refractivity contribution in [2.24, 2.45) is 0 Å². The number of allylic oxidation sites excluding steroid dienone is 3. The van der Waals surface area contributed by atoms with Gasteiger partial charge >= 0.3 is 11.6 Å². The Bertz CT molecular complexity index is 1730. The molecule has 1 aromatic heterocycles. The van der Waals surface area contributed by atoms with Gasteiger partial charge in [0, 0.05) is 35.8 Å². The second-order valence-corrected chi connectivity index (χ2v) is 8.66. The quantitative estimate of drug-likeness (QED) is 0.161. The van der Waals surface area contributed by atoms with Gasteiger partial charge < -0.3 is 14.4 Å². The van der Waals surface area contributed by atoms with Crippen molar-refractivity contribution in [3.63, 3.8) is 0 Å². The van der Waals surface area contributed by atoms with Crippen LogP contribution in [-0.2, 0) is 0 Å². The van der Waals surface area contributed by atoms with Crippen LogP contribution in [0.1, 0.15) is 35.3 Å². The first kappa shape index (κ1) is 26.7. The molecule has 4 rings (SSSR count). The monoisotopic (exact) mass is 515 g/mol. The molecule has 0 atom stereocenters. The van der Waals surface area contributed by atoms with E-state index in [0.717, 1.165) is 29.9 Å². The first-order valence-electron chi connectivity index (χ1n) is 12.4. The van der Waals surface area contributed by atoms with E-state index in [1.807, 2.05) is 68.5 Å². The second kappa shape index (κ2) is 11.8. The molecule has 39 heavy (non-hydrogen) atoms. The van der Waals surface area contributed by atoms with Gasteiger partial charge in [-0.25, -0.2) is 9.59 Å². The van der Waals surface area contributed by atoms with E-state index in [-0.39, 0.29) is 22.3 Å². The fourth-order valence-corrected chi connectivity index (χ4v) is 4.41. The Balaban J connectivity index is 1.88. The molecule has 0 bridgehead atoms. The van der Waals surface area contributed by atoms with Crippen molar-refractivity contribution >= 4 is 34.3 Å². The van der Waals surface area contributed by atoms with Crippen LogP contribution in [0.2, 0.25) is 0 Å². The van der Waals surface area contributed by atoms with Gasteiger partial charge in [0.25, 0.3) is 0 Å². The molecule has 0 aliphatic carbocycles. The largest absolute Gasteiger partial charge is 0.478 e. The lowest BCUT2D eigenvalue weighted by molar-refractivity contribution is 0.0697. The number of aromatic carboxylic acids is 1. The van der Waals surface area contributed by atoms with Crippen LogP contribution < -0.4 is 10.5 Å². The Labute approximate surface area is 225 Å². The molecular weight excluding hydrogens is 490 g/mol. The third-order valence-corrected chi connectivity index (χ3v) is 6.44. The van der Waals surface area contributed by atoms with Crippen LogP contribution in [0.25, 0.3) is 33.7 Å². The van der Waals surface area contributed by atoms with Crippen molar-refractivity contribution in [3.8, 4) is 23.3 Å². The summed E-state index contributed by atoms with van der Waals surface area (Å²) in [5, 5.41) is 29.5. The summed E-state index contributed by atoms with van der Waals surface area (Å²) < 4.78 is 5.64. The molecule has 192 valence electrons. The van der Waals surface area contributed by atoms with Gasteiger partial charge in [0.05, 0.1) is 11.1 Å². The molecule has 1 N–H and O–H groups in total. The van der Waals surface area contributed by atoms with Gasteiger partial charge in [0.15, 0.2) is 0 Å². The van der Waals surface area contributed by atoms with Crippen molar-refractivity contribution < 1.29 is 14.3 Å². The molecule has 7 nitrogen and oxygen atoms in total. The molecule has 4 aromatic rings. The van der Waals surface area contributed by atoms with Gasteiger partial charge in [0.2, 0.25) is 0 Å². The summed E-state index contributed by atoms with van der Waals surface area (Å²) in [5.41, 5.74) is 2.73. The van der Waals surface area contributed by atoms with Gasteiger partial charge in [-0.1, -0.05) is 48.6 Å². The number of anilines is 1. The van der Waals surface area contributed by atoms with Crippen molar-refractivity contribution in [3.05, 3.63) is 112 Å². The highest BCUT2D eigenvalue weighted by Gasteiger charge is 2.16. The molecule has 0 saturated heterocycles. The topological polar surface area (TPSA) is 118 Å². The first-order valence-corrected chi connectivity index (χ1v) is 12.4. The standard InChI is InChI=1S/C32H25N3O4/c1-3-35(4-2)26-13-10-23-17-29(32(38)39-30(23)18-26)28(25(19-33)20-34)15-11-22-16-24(31(36)37)12-14-27(22)21-8-6-5-7-9-21/h5-18H,3-4H2,1-2H3,(H,36,37). The normalized spacial score (nSPS) is 10.7. The summed E-state index contributed by atoms with van der Waals surface area (Å²) in [6.07, 6.45) is 3.09. The molecule has 0 spiro atoms. The number of nitrogens with zero attached hydrogens (tertiary/aromatic N) is 3. The van der Waals surface area contributed by atoms with Crippen LogP contribution in [0, 0.1) is 22.7 Å². The average molecular weight is 516 g/mol. The maximum Gasteiger partial charge on any atom is 0.344 e. The number of benzene rings is 3. The lowest BCUT2D eigenvalue weighted by Gasteiger charge is -2.21. The van der Waals surface area contributed by atoms with E-state index in [9.17, 15) is 25.2 Å². The lowest BCUT2D eigenvalue weighted by atomic mass is 9.95. The fourth-order valence-electron chi connectivity index (χ4n) is 4.41. The third kappa shape index (κ3) is 5.64. The average Bonchev–Trinajstić information content (AvgIpc) is 2.96. The van der Waals surface area contributed by atoms with E-state index < -0.39 is 11.6 Å². The van der Waals surface area contributed by atoms with Gasteiger partial charge in [-0.3, -0.25) is 0 Å². The smallest absolute Gasteiger partial charge is 0.344 e. The molecule has 0 radical (unpaired) electrons. The van der Waals surface area contributed by atoms with Crippen LogP contribution in [0.3, 0.4) is 0 Å². The molecule has 3 aromatic carbocycles. The Morgan fingerprint density at radius 3 is 2.33 bits per heavy atom. The Morgan fingerprint density at radius 1 is 0.974 bits per heavy atom. The Hall–Kier alpha value is -5.40. The van der Waals surface area contributed by atoms with Crippen LogP contribution in [-0.4, -0.2) is 24.2 Å². The molecule has 0 amide bonds. The summed E-state index contributed by atoms with van der Waals surface area (Å²) in [5.74, 6) is -1.09. The molecular formula is C32H25N3O4. The van der Waals surface area contributed by atoms with E-state index >= 15 is 0 Å². The lowest BCUT2D eigenvalue weighted by Crippen LogP contribution is -2.21. The molecule has 1 heterocycles. The number of carbonyl (C=O) groups is 1. The summed E-state index contributed by atoms with van der Waals surface area (Å²) in [7, 11) is 0. The van der Waals surface area contributed by atoms with Crippen LogP contribution in [0.15, 0.2) is 93.7 Å². The van der Waals surface area contributed by atoms with Crippen LogP contribution in [0.5, 0.6) is 0 Å². The van der Waals surface area contributed by atoms with E-state index in [1.54, 1.807) is 24.3 Å². The number of hydrogen-bond acceptors (Lipinski definition) is 6. The second-order valence-electron chi connectivity index (χ2n) is 8.66. The maximum absolute atomic E-state index is 13.1. The van der Waals surface area contributed by atoms with Gasteiger partial charge in [-0.05, 0) is 60.9 Å². The number of fused-ring (bicyclic) bond motifs is 1. The summed E-state index contributed by atoms with van der Waals surface area (Å²) in [6.45, 7) is 5.67. The zero-order valence-electron chi connectivity index (χ0n) is 21.5. The minimum atomic E-state index is -1.09. The van der Waals surface area contributed by atoms with E-state index in [2.05, 4.69) is 4.90 Å². The highest BCUT2D eigenvalue weighted by atomic mass is 16.4. The number of hydrogen-bond donors (Lipinski definition) is 1. The zero-order chi connectivity index (χ0) is 27.9. The summed E-state index contributed by atoms with van der Waals surface area (Å²) >= 11 is 0. The summed E-state index contributed by atoms with van der Waals surface area (Å²) in [6, 6.07) is 25.0. The predicted octanol–water partition coefficient (Wildman–Crippen LogP) is 6.52. The van der Waals surface area contributed by atoms with Crippen LogP contribution in [0.4, 0.5) is 5.69 Å². The maximum atomic E-state index is 13.1. The zero-order valence-corrected chi connectivity index (χ0v) is 21.5. The predicted molar refractivity (Wildman–Crippen MR) is 152 cm³/mol. The minimum Gasteiger partial charge on any atom is -0.478 e. The number of nitriles is 2. The SMILES string of the molecule is CCN(CC)c1ccc2cc(C(C=Cc3cc(C(=O)O)ccc3-c3ccccc3)=C(C#N)C#N)c(=O)oc2c1. The molecule has 0 aliphatic rings. The summed E-state index contributed by atoms with van der Waals surface area (Å²) in [4.78, 5) is 26.9. The fraction of sp³-hybridized carbons (Fsp3) is 0.125. The minimum absolute atomic E-state index is 0.0584. The van der Waals surface area contributed by atoms with Gasteiger partial charge in [-0.15, -0.1) is 0 Å². The molecule has 0 saturated carbocycles. The number of rotatable bonds is 8. The van der Waals surface area contributed by atoms with Gasteiger partial charge in [0.1, 0.15) is 23.3 Å². The van der Waals surface area contributed by atoms with E-state index in [0.29, 0.717) is 16.5 Å². The highest BCUT2D eigenvalue weighted by Crippen LogP contribution is 2.29. The first-order chi connectivity index (χ1) is 18.9. The third-order valence-electron chi connectivity index (χ3n) is 6.44. The Kier molecular flexibility index (Phi) is 8.04. The van der Waals surface area contributed by atoms with Crippen molar-refractivity contribution in [1.82, 2.24) is 0 Å². The van der Waals surface area contributed by atoms with Crippen molar-refractivity contribution in [1.29, 1.82) is 10.5 Å². The molecule has 0 aliphatic heterocycles. The van der Waals surface area contributed by atoms with Gasteiger partial charge in [-0.2, -0.15) is 10.5 Å². The number of carboxylic acids is 1. The number of carboxylic acid groups (broad SMARTS) is 1. The molecule has 7 heteroatoms. The van der Waals surface area contributed by atoms with E-state index in [1.165, 1.54) is 18.2 Å². The van der Waals surface area contributed by atoms with Crippen molar-refractivity contribution in [2.45, 2.75) is 13.8 Å². The Morgan fingerprint density at radius 2 is 1.69 bits per heavy atom. The molecule has 0 fully saturated rings. The van der Waals surface area contributed by atoms with Crippen molar-refractivity contribution in [2.75, 3.05) is 18.0 Å². The molecule has 0 unspecified atom stereocenters. The highest BCUT2D eigenvalue weighted by molar-refractivity contribution is 5.93. The van der Waals surface area contributed by atoms with E-state index in [4.69, 9.17) is 4.42 Å². The van der Waals surface area contributed by atoms with Crippen LogP contribution >= 0.6 is 0 Å².